The first kappa shape index (κ1) is 19.1. The van der Waals surface area contributed by atoms with E-state index in [9.17, 15) is 20.1 Å². The number of hydrogen-bond donors (Lipinski definition) is 4. The average molecular weight is 406 g/mol. The number of rotatable bonds is 4. The normalized spacial score (nSPS) is 10.9. The van der Waals surface area contributed by atoms with E-state index in [0.717, 1.165) is 0 Å². The number of phenols is 2. The van der Waals surface area contributed by atoms with Gasteiger partial charge in [-0.3, -0.25) is 4.79 Å². The van der Waals surface area contributed by atoms with Crippen molar-refractivity contribution in [2.24, 2.45) is 0 Å². The van der Waals surface area contributed by atoms with Crippen LogP contribution in [0.1, 0.15) is 5.76 Å². The Bertz CT molecular complexity index is 1290. The van der Waals surface area contributed by atoms with Gasteiger partial charge in [0.2, 0.25) is 16.9 Å². The fourth-order valence-corrected chi connectivity index (χ4v) is 3.14. The lowest BCUT2D eigenvalue weighted by Crippen LogP contribution is -2.01. The fraction of sp³-hybridized carbons (Fsp3) is 0.0909. The first-order valence-electron chi connectivity index (χ1n) is 8.99. The molecule has 30 heavy (non-hydrogen) atoms. The van der Waals surface area contributed by atoms with Gasteiger partial charge in [0.05, 0.1) is 7.11 Å². The maximum absolute atomic E-state index is 12.1. The Balaban J connectivity index is 1.99. The van der Waals surface area contributed by atoms with Crippen molar-refractivity contribution >= 4 is 0 Å². The highest BCUT2D eigenvalue weighted by Gasteiger charge is 2.23. The number of aromatic hydroxyl groups is 3. The van der Waals surface area contributed by atoms with Gasteiger partial charge in [-0.1, -0.05) is 30.3 Å². The zero-order valence-electron chi connectivity index (χ0n) is 16.1. The Hall–Kier alpha value is -4.20. The van der Waals surface area contributed by atoms with Crippen molar-refractivity contribution in [3.8, 4) is 57.1 Å². The van der Waals surface area contributed by atoms with Crippen molar-refractivity contribution in [2.45, 2.75) is 6.92 Å². The molecule has 0 saturated heterocycles. The molecular formula is C22H18N2O6. The number of phenolic OH excluding ortho intramolecular Hbond substituents is 2. The standard InChI is InChI=1S/C22H18N2O6/c1-11-8-14(25)20(28)21(30-11)18-17(12-6-4-3-5-7-12)23-22(24-18)13-9-15(26)19(27)16(10-13)29-2/h3-10,26-28H,1-2H3,(H,23,24). The van der Waals surface area contributed by atoms with Gasteiger partial charge in [-0.05, 0) is 19.1 Å². The van der Waals surface area contributed by atoms with Crippen LogP contribution in [-0.4, -0.2) is 32.4 Å². The predicted octanol–water partition coefficient (Wildman–Crippen LogP) is 3.80. The molecule has 0 aliphatic heterocycles. The summed E-state index contributed by atoms with van der Waals surface area (Å²) in [5.74, 6) is -0.666. The van der Waals surface area contributed by atoms with Crippen LogP contribution in [0.2, 0.25) is 0 Å². The number of nitrogens with one attached hydrogen (secondary N) is 1. The first-order valence-corrected chi connectivity index (χ1v) is 8.99. The zero-order valence-corrected chi connectivity index (χ0v) is 16.1. The Morgan fingerprint density at radius 3 is 2.43 bits per heavy atom. The SMILES string of the molecule is COc1cc(-c2nc(-c3ccccc3)c(-c3oc(C)cc(=O)c3O)[nH]2)cc(O)c1O. The summed E-state index contributed by atoms with van der Waals surface area (Å²) in [5.41, 5.74) is 1.28. The summed E-state index contributed by atoms with van der Waals surface area (Å²) in [6.45, 7) is 1.60. The van der Waals surface area contributed by atoms with Crippen molar-refractivity contribution in [3.05, 3.63) is 64.5 Å². The summed E-state index contributed by atoms with van der Waals surface area (Å²) in [6, 6.07) is 13.2. The third kappa shape index (κ3) is 3.24. The summed E-state index contributed by atoms with van der Waals surface area (Å²) in [6.07, 6.45) is 0. The van der Waals surface area contributed by atoms with E-state index in [4.69, 9.17) is 9.15 Å². The molecule has 4 N–H and O–H groups in total. The van der Waals surface area contributed by atoms with Crippen LogP contribution < -0.4 is 10.2 Å². The molecule has 152 valence electrons. The van der Waals surface area contributed by atoms with Crippen LogP contribution in [-0.2, 0) is 0 Å². The average Bonchev–Trinajstić information content (AvgIpc) is 3.18. The highest BCUT2D eigenvalue weighted by molar-refractivity contribution is 5.81. The maximum Gasteiger partial charge on any atom is 0.227 e. The minimum Gasteiger partial charge on any atom is -0.504 e. The van der Waals surface area contributed by atoms with Crippen molar-refractivity contribution < 1.29 is 24.5 Å². The van der Waals surface area contributed by atoms with Crippen molar-refractivity contribution in [1.29, 1.82) is 0 Å². The molecule has 8 nitrogen and oxygen atoms in total. The van der Waals surface area contributed by atoms with Crippen molar-refractivity contribution in [2.75, 3.05) is 7.11 Å². The molecule has 0 unspecified atom stereocenters. The first-order chi connectivity index (χ1) is 14.4. The number of aromatic amines is 1. The number of imidazole rings is 1. The molecule has 0 spiro atoms. The lowest BCUT2D eigenvalue weighted by molar-refractivity contribution is 0.351. The summed E-state index contributed by atoms with van der Waals surface area (Å²) in [4.78, 5) is 19.8. The van der Waals surface area contributed by atoms with Gasteiger partial charge < -0.3 is 29.5 Å². The molecule has 2 aromatic heterocycles. The number of nitrogens with zero attached hydrogens (tertiary/aromatic N) is 1. The number of ether oxygens (including phenoxy) is 1. The second-order valence-electron chi connectivity index (χ2n) is 6.62. The molecule has 0 bridgehead atoms. The van der Waals surface area contributed by atoms with E-state index in [1.807, 2.05) is 30.3 Å². The zero-order chi connectivity index (χ0) is 21.4. The van der Waals surface area contributed by atoms with E-state index in [-0.39, 0.29) is 17.3 Å². The van der Waals surface area contributed by atoms with E-state index in [1.54, 1.807) is 6.92 Å². The predicted molar refractivity (Wildman–Crippen MR) is 110 cm³/mol. The quantitative estimate of drug-likeness (QED) is 0.379. The second kappa shape index (κ2) is 7.32. The van der Waals surface area contributed by atoms with Gasteiger partial charge in [0.25, 0.3) is 0 Å². The number of methoxy groups -OCH3 is 1. The van der Waals surface area contributed by atoms with Crippen LogP contribution >= 0.6 is 0 Å². The molecule has 0 amide bonds. The molecule has 8 heteroatoms. The van der Waals surface area contributed by atoms with Gasteiger partial charge in [-0.2, -0.15) is 0 Å². The molecule has 0 radical (unpaired) electrons. The summed E-state index contributed by atoms with van der Waals surface area (Å²) < 4.78 is 10.7. The third-order valence-electron chi connectivity index (χ3n) is 4.57. The van der Waals surface area contributed by atoms with Crippen LogP contribution in [0.15, 0.2) is 57.7 Å². The van der Waals surface area contributed by atoms with Gasteiger partial charge in [0.1, 0.15) is 23.0 Å². The number of aromatic nitrogens is 2. The molecule has 0 aliphatic rings. The van der Waals surface area contributed by atoms with Crippen molar-refractivity contribution in [3.63, 3.8) is 0 Å². The minimum absolute atomic E-state index is 0.0485. The van der Waals surface area contributed by atoms with Crippen LogP contribution in [0, 0.1) is 6.92 Å². The Morgan fingerprint density at radius 1 is 1.00 bits per heavy atom. The molecule has 4 rings (SSSR count). The molecule has 0 saturated carbocycles. The number of H-pyrrole nitrogens is 1. The highest BCUT2D eigenvalue weighted by Crippen LogP contribution is 2.41. The molecule has 2 aromatic carbocycles. The van der Waals surface area contributed by atoms with Crippen LogP contribution in [0.25, 0.3) is 34.1 Å². The van der Waals surface area contributed by atoms with Gasteiger partial charge in [-0.25, -0.2) is 4.98 Å². The molecule has 2 heterocycles. The third-order valence-corrected chi connectivity index (χ3v) is 4.57. The van der Waals surface area contributed by atoms with E-state index >= 15 is 0 Å². The largest absolute Gasteiger partial charge is 0.504 e. The van der Waals surface area contributed by atoms with Gasteiger partial charge in [0.15, 0.2) is 17.3 Å². The highest BCUT2D eigenvalue weighted by atomic mass is 16.5. The van der Waals surface area contributed by atoms with Crippen LogP contribution in [0.5, 0.6) is 23.0 Å². The van der Waals surface area contributed by atoms with Gasteiger partial charge >= 0.3 is 0 Å². The topological polar surface area (TPSA) is 129 Å². The number of benzene rings is 2. The van der Waals surface area contributed by atoms with Crippen molar-refractivity contribution in [1.82, 2.24) is 9.97 Å². The maximum atomic E-state index is 12.1. The van der Waals surface area contributed by atoms with Crippen LogP contribution in [0.4, 0.5) is 0 Å². The summed E-state index contributed by atoms with van der Waals surface area (Å²) in [7, 11) is 1.36. The van der Waals surface area contributed by atoms with E-state index in [2.05, 4.69) is 9.97 Å². The van der Waals surface area contributed by atoms with E-state index in [1.165, 1.54) is 25.3 Å². The van der Waals surface area contributed by atoms with E-state index < -0.39 is 16.9 Å². The second-order valence-corrected chi connectivity index (χ2v) is 6.62. The minimum atomic E-state index is -0.576. The molecule has 0 aliphatic carbocycles. The smallest absolute Gasteiger partial charge is 0.227 e. The van der Waals surface area contributed by atoms with Gasteiger partial charge in [-0.15, -0.1) is 0 Å². The Kier molecular flexibility index (Phi) is 4.67. The van der Waals surface area contributed by atoms with Gasteiger partial charge in [0, 0.05) is 17.2 Å². The molecular weight excluding hydrogens is 388 g/mol. The molecule has 0 atom stereocenters. The monoisotopic (exact) mass is 406 g/mol. The summed E-state index contributed by atoms with van der Waals surface area (Å²) in [5, 5.41) is 30.3. The molecule has 0 fully saturated rings. The summed E-state index contributed by atoms with van der Waals surface area (Å²) >= 11 is 0. The Morgan fingerprint density at radius 2 is 1.73 bits per heavy atom. The van der Waals surface area contributed by atoms with E-state index in [0.29, 0.717) is 34.1 Å². The fourth-order valence-electron chi connectivity index (χ4n) is 3.14. The van der Waals surface area contributed by atoms with Crippen LogP contribution in [0.3, 0.4) is 0 Å². The number of hydrogen-bond acceptors (Lipinski definition) is 7. The lowest BCUT2D eigenvalue weighted by atomic mass is 10.1. The molecule has 4 aromatic rings. The Labute approximate surface area is 170 Å². The number of aryl methyl sites for hydroxylation is 1. The lowest BCUT2D eigenvalue weighted by Gasteiger charge is -2.07.